The monoisotopic (exact) mass is 344 g/mol. The lowest BCUT2D eigenvalue weighted by molar-refractivity contribution is -0.166. The van der Waals surface area contributed by atoms with Crippen LogP contribution in [0.1, 0.15) is 44.5 Å². The largest absolute Gasteiger partial charge is 0.465 e. The number of fused-ring (bicyclic) bond motifs is 1. The van der Waals surface area contributed by atoms with Crippen molar-refractivity contribution in [3.05, 3.63) is 35.3 Å². The zero-order valence-corrected chi connectivity index (χ0v) is 13.9. The van der Waals surface area contributed by atoms with E-state index >= 15 is 0 Å². The van der Waals surface area contributed by atoms with Crippen LogP contribution in [0.25, 0.3) is 0 Å². The minimum absolute atomic E-state index is 0.112. The van der Waals surface area contributed by atoms with Gasteiger partial charge in [-0.1, -0.05) is 6.92 Å². The summed E-state index contributed by atoms with van der Waals surface area (Å²) in [6.07, 6.45) is 2.39. The molecule has 0 unspecified atom stereocenters. The van der Waals surface area contributed by atoms with Gasteiger partial charge in [-0.15, -0.1) is 0 Å². The van der Waals surface area contributed by atoms with E-state index in [1.807, 2.05) is 6.92 Å². The molecule has 1 N–H and O–H groups in total. The molecule has 3 heterocycles. The molecule has 1 saturated heterocycles. The second-order valence-corrected chi connectivity index (χ2v) is 7.64. The lowest BCUT2D eigenvalue weighted by Crippen LogP contribution is -2.56. The van der Waals surface area contributed by atoms with Crippen molar-refractivity contribution in [1.82, 2.24) is 0 Å². The number of ether oxygens (including phenoxy) is 2. The molecular weight excluding hydrogens is 324 g/mol. The van der Waals surface area contributed by atoms with Crippen LogP contribution < -0.4 is 0 Å². The maximum Gasteiger partial charge on any atom is 0.334 e. The van der Waals surface area contributed by atoms with Crippen molar-refractivity contribution in [2.75, 3.05) is 0 Å². The van der Waals surface area contributed by atoms with E-state index in [1.54, 1.807) is 18.4 Å². The van der Waals surface area contributed by atoms with Gasteiger partial charge in [0.05, 0.1) is 17.8 Å². The van der Waals surface area contributed by atoms with Gasteiger partial charge in [0.1, 0.15) is 5.76 Å². The highest BCUT2D eigenvalue weighted by Gasteiger charge is 2.67. The smallest absolute Gasteiger partial charge is 0.334 e. The molecule has 1 aromatic heterocycles. The molecule has 6 nitrogen and oxygen atoms in total. The average Bonchev–Trinajstić information content (AvgIpc) is 3.31. The fourth-order valence-electron chi connectivity index (χ4n) is 5.47. The highest BCUT2D eigenvalue weighted by Crippen LogP contribution is 2.62. The SMILES string of the molecule is C[C@@H]1[C@H](O)[C@@H]2OC(=O)C3=C2[C@H](CCC3)[C@]12C[C@H](c1ccco1)OC2=O. The standard InChI is InChI=1S/C19H20O6/c1-9-15(20)16-14-10(17(21)25-16)4-2-5-11(14)19(9)8-13(24-18(19)22)12-6-3-7-23-12/h3,6-7,9,11,13,15-16,20H,2,4-5,8H2,1H3/t9-,11+,13-,15+,16-,19+/m1/s1. The summed E-state index contributed by atoms with van der Waals surface area (Å²) in [6, 6.07) is 3.57. The molecule has 6 heteroatoms. The first-order chi connectivity index (χ1) is 12.0. The summed E-state index contributed by atoms with van der Waals surface area (Å²) in [5.41, 5.74) is 0.683. The molecule has 4 aliphatic rings. The topological polar surface area (TPSA) is 86.0 Å². The summed E-state index contributed by atoms with van der Waals surface area (Å²) in [5, 5.41) is 10.8. The van der Waals surface area contributed by atoms with Crippen LogP contribution in [-0.2, 0) is 19.1 Å². The average molecular weight is 344 g/mol. The Morgan fingerprint density at radius 2 is 2.12 bits per heavy atom. The van der Waals surface area contributed by atoms with Gasteiger partial charge in [0, 0.05) is 23.8 Å². The van der Waals surface area contributed by atoms with Crippen LogP contribution in [0, 0.1) is 17.3 Å². The highest BCUT2D eigenvalue weighted by atomic mass is 16.6. The number of esters is 2. The van der Waals surface area contributed by atoms with E-state index in [-0.39, 0.29) is 23.8 Å². The molecule has 5 rings (SSSR count). The summed E-state index contributed by atoms with van der Waals surface area (Å²) in [4.78, 5) is 25.3. The molecule has 0 radical (unpaired) electrons. The molecule has 6 atom stereocenters. The predicted octanol–water partition coefficient (Wildman–Crippen LogP) is 2.29. The fraction of sp³-hybridized carbons (Fsp3) is 0.579. The summed E-state index contributed by atoms with van der Waals surface area (Å²) < 4.78 is 16.6. The number of aliphatic hydroxyl groups is 1. The zero-order valence-electron chi connectivity index (χ0n) is 13.9. The summed E-state index contributed by atoms with van der Waals surface area (Å²) in [6.45, 7) is 1.87. The number of carbonyl (C=O) groups is 2. The normalized spacial score (nSPS) is 42.6. The van der Waals surface area contributed by atoms with Gasteiger partial charge in [-0.05, 0) is 37.0 Å². The van der Waals surface area contributed by atoms with Crippen molar-refractivity contribution in [3.8, 4) is 0 Å². The van der Waals surface area contributed by atoms with E-state index in [4.69, 9.17) is 13.9 Å². The van der Waals surface area contributed by atoms with Crippen molar-refractivity contribution in [1.29, 1.82) is 0 Å². The van der Waals surface area contributed by atoms with Crippen molar-refractivity contribution < 1.29 is 28.6 Å². The third kappa shape index (κ3) is 1.78. The Balaban J connectivity index is 1.63. The van der Waals surface area contributed by atoms with E-state index in [9.17, 15) is 14.7 Å². The Morgan fingerprint density at radius 1 is 1.28 bits per heavy atom. The van der Waals surface area contributed by atoms with E-state index in [2.05, 4.69) is 0 Å². The van der Waals surface area contributed by atoms with Crippen LogP contribution in [0.5, 0.6) is 0 Å². The molecule has 2 aliphatic carbocycles. The van der Waals surface area contributed by atoms with Gasteiger partial charge < -0.3 is 19.0 Å². The van der Waals surface area contributed by atoms with Crippen LogP contribution in [-0.4, -0.2) is 29.3 Å². The molecule has 1 aromatic rings. The van der Waals surface area contributed by atoms with Crippen molar-refractivity contribution >= 4 is 11.9 Å². The maximum atomic E-state index is 13.1. The van der Waals surface area contributed by atoms with E-state index in [0.717, 1.165) is 18.4 Å². The number of hydrogen-bond acceptors (Lipinski definition) is 6. The van der Waals surface area contributed by atoms with Gasteiger partial charge in [0.15, 0.2) is 12.2 Å². The molecule has 0 bridgehead atoms. The first-order valence-electron chi connectivity index (χ1n) is 8.90. The second-order valence-electron chi connectivity index (χ2n) is 7.64. The lowest BCUT2D eigenvalue weighted by Gasteiger charge is -2.49. The molecule has 132 valence electrons. The Morgan fingerprint density at radius 3 is 2.88 bits per heavy atom. The van der Waals surface area contributed by atoms with Crippen LogP contribution in [0.4, 0.5) is 0 Å². The molecule has 1 saturated carbocycles. The predicted molar refractivity (Wildman–Crippen MR) is 84.0 cm³/mol. The summed E-state index contributed by atoms with van der Waals surface area (Å²) in [5.74, 6) is -0.473. The Hall–Kier alpha value is -2.08. The van der Waals surface area contributed by atoms with E-state index in [0.29, 0.717) is 24.2 Å². The third-order valence-electron chi connectivity index (χ3n) is 6.70. The van der Waals surface area contributed by atoms with Crippen molar-refractivity contribution in [2.24, 2.45) is 17.3 Å². The lowest BCUT2D eigenvalue weighted by atomic mass is 9.53. The Bertz CT molecular complexity index is 778. The van der Waals surface area contributed by atoms with E-state index < -0.39 is 23.7 Å². The Labute approximate surface area is 144 Å². The number of cyclic esters (lactones) is 1. The second kappa shape index (κ2) is 4.97. The molecular formula is C19H20O6. The number of furan rings is 1. The summed E-state index contributed by atoms with van der Waals surface area (Å²) >= 11 is 0. The molecule has 0 aromatic carbocycles. The highest BCUT2D eigenvalue weighted by molar-refractivity contribution is 5.94. The number of rotatable bonds is 1. The zero-order chi connectivity index (χ0) is 17.3. The third-order valence-corrected chi connectivity index (χ3v) is 6.70. The van der Waals surface area contributed by atoms with Crippen molar-refractivity contribution in [2.45, 2.75) is 50.9 Å². The van der Waals surface area contributed by atoms with Gasteiger partial charge in [-0.2, -0.15) is 0 Å². The molecule has 0 amide bonds. The van der Waals surface area contributed by atoms with Gasteiger partial charge >= 0.3 is 11.9 Å². The first-order valence-corrected chi connectivity index (χ1v) is 8.90. The maximum absolute atomic E-state index is 13.1. The number of aliphatic hydroxyl groups excluding tert-OH is 1. The first kappa shape index (κ1) is 15.2. The van der Waals surface area contributed by atoms with Crippen LogP contribution >= 0.6 is 0 Å². The fourth-order valence-corrected chi connectivity index (χ4v) is 5.47. The minimum Gasteiger partial charge on any atom is -0.465 e. The van der Waals surface area contributed by atoms with Gasteiger partial charge in [0.2, 0.25) is 0 Å². The molecule has 2 fully saturated rings. The van der Waals surface area contributed by atoms with Gasteiger partial charge in [-0.25, -0.2) is 4.79 Å². The number of hydrogen-bond donors (Lipinski definition) is 1. The van der Waals surface area contributed by atoms with Gasteiger partial charge in [0.25, 0.3) is 0 Å². The molecule has 25 heavy (non-hydrogen) atoms. The molecule has 2 aliphatic heterocycles. The summed E-state index contributed by atoms with van der Waals surface area (Å²) in [7, 11) is 0. The van der Waals surface area contributed by atoms with Crippen molar-refractivity contribution in [3.63, 3.8) is 0 Å². The van der Waals surface area contributed by atoms with Crippen LogP contribution in [0.3, 0.4) is 0 Å². The minimum atomic E-state index is -0.895. The van der Waals surface area contributed by atoms with Crippen LogP contribution in [0.2, 0.25) is 0 Å². The number of carbonyl (C=O) groups excluding carboxylic acids is 2. The van der Waals surface area contributed by atoms with E-state index in [1.165, 1.54) is 0 Å². The quantitative estimate of drug-likeness (QED) is 0.787. The van der Waals surface area contributed by atoms with Gasteiger partial charge in [-0.3, -0.25) is 4.79 Å². The Kier molecular flexibility index (Phi) is 3.02. The van der Waals surface area contributed by atoms with Crippen LogP contribution in [0.15, 0.2) is 34.0 Å². The molecule has 1 spiro atoms.